The van der Waals surface area contributed by atoms with Crippen LogP contribution in [0.5, 0.6) is 5.75 Å². The molecule has 0 aromatic heterocycles. The van der Waals surface area contributed by atoms with Crippen LogP contribution in [0.3, 0.4) is 0 Å². The van der Waals surface area contributed by atoms with Gasteiger partial charge in [0.15, 0.2) is 0 Å². The van der Waals surface area contributed by atoms with Crippen LogP contribution in [0.1, 0.15) is 55.7 Å². The molecule has 0 bridgehead atoms. The number of aryl methyl sites for hydroxylation is 2. The van der Waals surface area contributed by atoms with E-state index in [0.717, 1.165) is 44.4 Å². The smallest absolute Gasteiger partial charge is 0.219 e. The van der Waals surface area contributed by atoms with Crippen LogP contribution < -0.4 is 10.1 Å². The van der Waals surface area contributed by atoms with Crippen molar-refractivity contribution in [3.63, 3.8) is 0 Å². The van der Waals surface area contributed by atoms with E-state index < -0.39 is 0 Å². The van der Waals surface area contributed by atoms with Crippen molar-refractivity contribution in [3.8, 4) is 5.75 Å². The van der Waals surface area contributed by atoms with E-state index >= 15 is 0 Å². The summed E-state index contributed by atoms with van der Waals surface area (Å²) in [5.41, 5.74) is 4.18. The van der Waals surface area contributed by atoms with Crippen molar-refractivity contribution in [3.05, 3.63) is 65.2 Å². The van der Waals surface area contributed by atoms with Gasteiger partial charge in [0.1, 0.15) is 11.9 Å². The molecule has 1 amide bonds. The van der Waals surface area contributed by atoms with Crippen LogP contribution >= 0.6 is 0 Å². The molecule has 3 rings (SSSR count). The molecule has 0 aliphatic carbocycles. The molecule has 1 heterocycles. The lowest BCUT2D eigenvalue weighted by atomic mass is 9.97. The molecule has 1 N–H and O–H groups in total. The summed E-state index contributed by atoms with van der Waals surface area (Å²) < 4.78 is 6.19. The molecular formula is C24H31NO2. The van der Waals surface area contributed by atoms with Gasteiger partial charge in [-0.15, -0.1) is 0 Å². The molecule has 144 valence electrons. The van der Waals surface area contributed by atoms with Crippen LogP contribution in [0.15, 0.2) is 48.5 Å². The first-order valence-corrected chi connectivity index (χ1v) is 10.3. The second kappa shape index (κ2) is 10.1. The van der Waals surface area contributed by atoms with Gasteiger partial charge in [-0.1, -0.05) is 49.4 Å². The number of fused-ring (bicyclic) bond motifs is 1. The van der Waals surface area contributed by atoms with Crippen LogP contribution in [-0.2, 0) is 24.1 Å². The maximum atomic E-state index is 11.3. The maximum Gasteiger partial charge on any atom is 0.219 e. The number of amides is 1. The first-order valence-electron chi connectivity index (χ1n) is 10.3. The molecule has 3 nitrogen and oxygen atoms in total. The average Bonchev–Trinajstić information content (AvgIpc) is 3.13. The summed E-state index contributed by atoms with van der Waals surface area (Å²) in [6.07, 6.45) is 8.55. The molecule has 0 saturated heterocycles. The van der Waals surface area contributed by atoms with E-state index in [-0.39, 0.29) is 5.91 Å². The second-order valence-electron chi connectivity index (χ2n) is 7.38. The van der Waals surface area contributed by atoms with Gasteiger partial charge in [0.2, 0.25) is 5.91 Å². The van der Waals surface area contributed by atoms with E-state index in [1.807, 2.05) is 6.92 Å². The Bertz CT molecular complexity index is 726. The summed E-state index contributed by atoms with van der Waals surface area (Å²) in [4.78, 5) is 11.3. The fourth-order valence-electron chi connectivity index (χ4n) is 3.77. The Labute approximate surface area is 163 Å². The minimum absolute atomic E-state index is 0.132. The Morgan fingerprint density at radius 2 is 1.89 bits per heavy atom. The van der Waals surface area contributed by atoms with Crippen molar-refractivity contribution < 1.29 is 9.53 Å². The largest absolute Gasteiger partial charge is 0.490 e. The molecule has 0 spiro atoms. The standard InChI is InChI=1S/C24H31NO2/c1-2-24(26)25-17-9-14-20-13-8-16-23-22(20)18-21(27-23)15-7-6-12-19-10-4-3-5-11-19/h3-5,8,10-11,13,16,21H,2,6-7,9,12,14-15,17-18H2,1H3,(H,25,26). The van der Waals surface area contributed by atoms with Crippen LogP contribution in [0.25, 0.3) is 0 Å². The van der Waals surface area contributed by atoms with Gasteiger partial charge in [0, 0.05) is 24.9 Å². The van der Waals surface area contributed by atoms with Gasteiger partial charge in [0.25, 0.3) is 0 Å². The number of hydrogen-bond acceptors (Lipinski definition) is 2. The predicted molar refractivity (Wildman–Crippen MR) is 110 cm³/mol. The highest BCUT2D eigenvalue weighted by molar-refractivity contribution is 5.75. The zero-order valence-electron chi connectivity index (χ0n) is 16.4. The average molecular weight is 366 g/mol. The van der Waals surface area contributed by atoms with Crippen molar-refractivity contribution >= 4 is 5.91 Å². The lowest BCUT2D eigenvalue weighted by Crippen LogP contribution is -2.23. The summed E-state index contributed by atoms with van der Waals surface area (Å²) in [5, 5.41) is 2.96. The summed E-state index contributed by atoms with van der Waals surface area (Å²) in [6, 6.07) is 17.1. The summed E-state index contributed by atoms with van der Waals surface area (Å²) >= 11 is 0. The molecule has 1 unspecified atom stereocenters. The highest BCUT2D eigenvalue weighted by atomic mass is 16.5. The lowest BCUT2D eigenvalue weighted by molar-refractivity contribution is -0.120. The van der Waals surface area contributed by atoms with E-state index in [1.165, 1.54) is 29.5 Å². The van der Waals surface area contributed by atoms with Crippen molar-refractivity contribution in [2.75, 3.05) is 6.54 Å². The minimum Gasteiger partial charge on any atom is -0.490 e. The van der Waals surface area contributed by atoms with E-state index in [0.29, 0.717) is 12.5 Å². The molecule has 2 aromatic carbocycles. The highest BCUT2D eigenvalue weighted by Gasteiger charge is 2.24. The van der Waals surface area contributed by atoms with Crippen LogP contribution in [0.2, 0.25) is 0 Å². The normalized spacial score (nSPS) is 15.2. The van der Waals surface area contributed by atoms with Crippen molar-refractivity contribution in [1.29, 1.82) is 0 Å². The van der Waals surface area contributed by atoms with Gasteiger partial charge < -0.3 is 10.1 Å². The molecule has 1 atom stereocenters. The van der Waals surface area contributed by atoms with Gasteiger partial charge in [-0.05, 0) is 55.7 Å². The van der Waals surface area contributed by atoms with Crippen LogP contribution in [-0.4, -0.2) is 18.6 Å². The maximum absolute atomic E-state index is 11.3. The summed E-state index contributed by atoms with van der Waals surface area (Å²) in [7, 11) is 0. The lowest BCUT2D eigenvalue weighted by Gasteiger charge is -2.10. The van der Waals surface area contributed by atoms with Gasteiger partial charge in [0.05, 0.1) is 0 Å². The van der Waals surface area contributed by atoms with Gasteiger partial charge in [-0.25, -0.2) is 0 Å². The first kappa shape index (κ1) is 19.5. The zero-order valence-corrected chi connectivity index (χ0v) is 16.4. The van der Waals surface area contributed by atoms with Crippen molar-refractivity contribution in [1.82, 2.24) is 5.32 Å². The minimum atomic E-state index is 0.132. The Kier molecular flexibility index (Phi) is 7.32. The monoisotopic (exact) mass is 365 g/mol. The van der Waals surface area contributed by atoms with Gasteiger partial charge in [-0.3, -0.25) is 4.79 Å². The molecular weight excluding hydrogens is 334 g/mol. The molecule has 0 radical (unpaired) electrons. The third-order valence-corrected chi connectivity index (χ3v) is 5.31. The molecule has 27 heavy (non-hydrogen) atoms. The Hall–Kier alpha value is -2.29. The number of benzene rings is 2. The quantitative estimate of drug-likeness (QED) is 0.611. The van der Waals surface area contributed by atoms with Crippen molar-refractivity contribution in [2.45, 2.75) is 64.4 Å². The summed E-state index contributed by atoms with van der Waals surface area (Å²) in [5.74, 6) is 1.20. The van der Waals surface area contributed by atoms with E-state index in [4.69, 9.17) is 4.74 Å². The van der Waals surface area contributed by atoms with Gasteiger partial charge >= 0.3 is 0 Å². The number of ether oxygens (including phenoxy) is 1. The fraction of sp³-hybridized carbons (Fsp3) is 0.458. The number of unbranched alkanes of at least 4 members (excludes halogenated alkanes) is 1. The third-order valence-electron chi connectivity index (χ3n) is 5.31. The van der Waals surface area contributed by atoms with E-state index in [9.17, 15) is 4.79 Å². The van der Waals surface area contributed by atoms with Gasteiger partial charge in [-0.2, -0.15) is 0 Å². The third kappa shape index (κ3) is 5.85. The Balaban J connectivity index is 1.42. The number of rotatable bonds is 10. The highest BCUT2D eigenvalue weighted by Crippen LogP contribution is 2.33. The Morgan fingerprint density at radius 3 is 2.70 bits per heavy atom. The SMILES string of the molecule is CCC(=O)NCCCc1cccc2c1CC(CCCCc1ccccc1)O2. The fourth-order valence-corrected chi connectivity index (χ4v) is 3.77. The number of carbonyl (C=O) groups is 1. The zero-order chi connectivity index (χ0) is 18.9. The first-order chi connectivity index (χ1) is 13.3. The number of nitrogens with one attached hydrogen (secondary N) is 1. The van der Waals surface area contributed by atoms with E-state index in [1.54, 1.807) is 0 Å². The van der Waals surface area contributed by atoms with Crippen LogP contribution in [0, 0.1) is 0 Å². The number of hydrogen-bond donors (Lipinski definition) is 1. The molecule has 3 heteroatoms. The molecule has 2 aromatic rings. The Morgan fingerprint density at radius 1 is 1.04 bits per heavy atom. The molecule has 0 fully saturated rings. The van der Waals surface area contributed by atoms with E-state index in [2.05, 4.69) is 53.8 Å². The summed E-state index contributed by atoms with van der Waals surface area (Å²) in [6.45, 7) is 2.64. The predicted octanol–water partition coefficient (Wildman–Crippen LogP) is 4.86. The topological polar surface area (TPSA) is 38.3 Å². The number of carbonyl (C=O) groups excluding carboxylic acids is 1. The second-order valence-corrected chi connectivity index (χ2v) is 7.38. The molecule has 1 aliphatic rings. The molecule has 0 saturated carbocycles. The van der Waals surface area contributed by atoms with Crippen LogP contribution in [0.4, 0.5) is 0 Å². The van der Waals surface area contributed by atoms with Crippen molar-refractivity contribution in [2.24, 2.45) is 0 Å². The molecule has 1 aliphatic heterocycles.